The van der Waals surface area contributed by atoms with E-state index in [1.54, 1.807) is 12.0 Å². The second kappa shape index (κ2) is 18.0. The molecule has 0 aliphatic carbocycles. The molecule has 0 radical (unpaired) electrons. The topological polar surface area (TPSA) is 71.0 Å². The summed E-state index contributed by atoms with van der Waals surface area (Å²) in [6.45, 7) is 18.2. The minimum atomic E-state index is -0.445. The van der Waals surface area contributed by atoms with Gasteiger partial charge in [0.25, 0.3) is 0 Å². The van der Waals surface area contributed by atoms with Crippen molar-refractivity contribution >= 4 is 6.09 Å². The standard InChI is InChI=1S/C15H32N2O3.C7H8.C3H8O/c1-8-11-17(13(18)20-14(2,3)4)12-9-10-16-15(5,6)19-7;1-7-5-3-2-4-6-7;1-2-3-4/h16H,8-12H2,1-7H3;2-6H,1H3;4H,2-3H2,1H3. The molecule has 6 heteroatoms. The molecule has 31 heavy (non-hydrogen) atoms. The Morgan fingerprint density at radius 2 is 1.58 bits per heavy atom. The molecule has 0 saturated carbocycles. The van der Waals surface area contributed by atoms with E-state index in [4.69, 9.17) is 14.6 Å². The maximum absolute atomic E-state index is 12.1. The normalized spacial score (nSPS) is 10.9. The molecule has 0 saturated heterocycles. The minimum absolute atomic E-state index is 0.231. The van der Waals surface area contributed by atoms with E-state index in [0.717, 1.165) is 32.4 Å². The van der Waals surface area contributed by atoms with Crippen LogP contribution in [0.4, 0.5) is 4.79 Å². The monoisotopic (exact) mass is 440 g/mol. The predicted octanol–water partition coefficient (Wildman–Crippen LogP) is 5.38. The first kappa shape index (κ1) is 31.6. The van der Waals surface area contributed by atoms with Gasteiger partial charge in [0.05, 0.1) is 0 Å². The fraction of sp³-hybridized carbons (Fsp3) is 0.720. The SMILES string of the molecule is CCCN(CCCNC(C)(C)OC)C(=O)OC(C)(C)C.CCCO.Cc1ccccc1. The van der Waals surface area contributed by atoms with Gasteiger partial charge in [0.1, 0.15) is 11.3 Å². The van der Waals surface area contributed by atoms with Crippen LogP contribution in [-0.2, 0) is 9.47 Å². The number of amides is 1. The number of carbonyl (C=O) groups excluding carboxylic acids is 1. The number of hydrogen-bond donors (Lipinski definition) is 2. The zero-order valence-electron chi connectivity index (χ0n) is 21.5. The molecule has 2 N–H and O–H groups in total. The highest BCUT2D eigenvalue weighted by molar-refractivity contribution is 5.68. The summed E-state index contributed by atoms with van der Waals surface area (Å²) in [7, 11) is 1.68. The maximum Gasteiger partial charge on any atom is 0.410 e. The first-order chi connectivity index (χ1) is 14.4. The van der Waals surface area contributed by atoms with Crippen molar-refractivity contribution in [3.8, 4) is 0 Å². The van der Waals surface area contributed by atoms with Gasteiger partial charge < -0.3 is 19.5 Å². The van der Waals surface area contributed by atoms with Crippen LogP contribution < -0.4 is 5.32 Å². The maximum atomic E-state index is 12.1. The van der Waals surface area contributed by atoms with Gasteiger partial charge in [-0.3, -0.25) is 5.32 Å². The number of nitrogens with zero attached hydrogens (tertiary/aromatic N) is 1. The third kappa shape index (κ3) is 21.4. The molecule has 1 amide bonds. The lowest BCUT2D eigenvalue weighted by Crippen LogP contribution is -2.43. The molecule has 0 bridgehead atoms. The first-order valence-electron chi connectivity index (χ1n) is 11.3. The van der Waals surface area contributed by atoms with Crippen LogP contribution in [0.5, 0.6) is 0 Å². The Hall–Kier alpha value is -1.63. The van der Waals surface area contributed by atoms with Crippen LogP contribution in [-0.4, -0.2) is 60.8 Å². The van der Waals surface area contributed by atoms with Crippen molar-refractivity contribution in [3.05, 3.63) is 35.9 Å². The summed E-state index contributed by atoms with van der Waals surface area (Å²) in [5.74, 6) is 0. The number of aliphatic hydroxyl groups excluding tert-OH is 1. The molecule has 0 fully saturated rings. The summed E-state index contributed by atoms with van der Waals surface area (Å²) >= 11 is 0. The molecule has 0 aliphatic rings. The minimum Gasteiger partial charge on any atom is -0.444 e. The van der Waals surface area contributed by atoms with Crippen LogP contribution >= 0.6 is 0 Å². The molecule has 1 aromatic rings. The van der Waals surface area contributed by atoms with Gasteiger partial charge in [-0.15, -0.1) is 0 Å². The fourth-order valence-corrected chi connectivity index (χ4v) is 2.16. The number of hydrogen-bond acceptors (Lipinski definition) is 5. The molecule has 0 spiro atoms. The van der Waals surface area contributed by atoms with Gasteiger partial charge in [-0.25, -0.2) is 4.79 Å². The second-order valence-electron chi connectivity index (χ2n) is 8.84. The molecule has 182 valence electrons. The quantitative estimate of drug-likeness (QED) is 0.398. The predicted molar refractivity (Wildman–Crippen MR) is 130 cm³/mol. The molecular weight excluding hydrogens is 392 g/mol. The molecule has 1 rings (SSSR count). The molecule has 0 aromatic heterocycles. The van der Waals surface area contributed by atoms with Crippen LogP contribution in [0.2, 0.25) is 0 Å². The number of methoxy groups -OCH3 is 1. The number of aryl methyl sites for hydroxylation is 1. The van der Waals surface area contributed by atoms with Gasteiger partial charge in [0, 0.05) is 26.8 Å². The Morgan fingerprint density at radius 1 is 1.03 bits per heavy atom. The van der Waals surface area contributed by atoms with Crippen molar-refractivity contribution in [2.75, 3.05) is 33.4 Å². The molecule has 0 aliphatic heterocycles. The summed E-state index contributed by atoms with van der Waals surface area (Å²) in [5, 5.41) is 11.2. The summed E-state index contributed by atoms with van der Waals surface area (Å²) < 4.78 is 10.7. The van der Waals surface area contributed by atoms with Gasteiger partial charge in [-0.05, 0) is 67.3 Å². The van der Waals surface area contributed by atoms with Crippen LogP contribution in [0.1, 0.15) is 73.3 Å². The zero-order valence-corrected chi connectivity index (χ0v) is 21.5. The Kier molecular flexibility index (Phi) is 18.3. The lowest BCUT2D eigenvalue weighted by Gasteiger charge is -2.28. The van der Waals surface area contributed by atoms with E-state index >= 15 is 0 Å². The van der Waals surface area contributed by atoms with Crippen molar-refractivity contribution in [3.63, 3.8) is 0 Å². The van der Waals surface area contributed by atoms with E-state index in [9.17, 15) is 4.79 Å². The van der Waals surface area contributed by atoms with E-state index < -0.39 is 5.60 Å². The van der Waals surface area contributed by atoms with Gasteiger partial charge >= 0.3 is 6.09 Å². The third-order valence-electron chi connectivity index (χ3n) is 3.98. The highest BCUT2D eigenvalue weighted by Crippen LogP contribution is 2.10. The zero-order chi connectivity index (χ0) is 24.3. The summed E-state index contributed by atoms with van der Waals surface area (Å²) in [5.41, 5.74) is 0.545. The van der Waals surface area contributed by atoms with E-state index in [1.165, 1.54) is 5.56 Å². The van der Waals surface area contributed by atoms with Crippen LogP contribution in [0.3, 0.4) is 0 Å². The van der Waals surface area contributed by atoms with Crippen molar-refractivity contribution in [1.82, 2.24) is 10.2 Å². The van der Waals surface area contributed by atoms with E-state index in [0.29, 0.717) is 13.2 Å². The van der Waals surface area contributed by atoms with Crippen LogP contribution in [0.15, 0.2) is 30.3 Å². The first-order valence-corrected chi connectivity index (χ1v) is 11.3. The average Bonchev–Trinajstić information content (AvgIpc) is 2.70. The molecular formula is C25H48N2O4. The van der Waals surface area contributed by atoms with Crippen LogP contribution in [0, 0.1) is 6.92 Å². The smallest absolute Gasteiger partial charge is 0.410 e. The third-order valence-corrected chi connectivity index (χ3v) is 3.98. The number of nitrogens with one attached hydrogen (secondary N) is 1. The molecule has 0 atom stereocenters. The van der Waals surface area contributed by atoms with E-state index in [-0.39, 0.29) is 11.8 Å². The Balaban J connectivity index is 0. The highest BCUT2D eigenvalue weighted by atomic mass is 16.6. The Morgan fingerprint density at radius 3 is 1.94 bits per heavy atom. The molecule has 0 unspecified atom stereocenters. The van der Waals surface area contributed by atoms with Gasteiger partial charge in [0.2, 0.25) is 0 Å². The van der Waals surface area contributed by atoms with Crippen molar-refractivity contribution in [1.29, 1.82) is 0 Å². The van der Waals surface area contributed by atoms with Gasteiger partial charge in [-0.2, -0.15) is 0 Å². The van der Waals surface area contributed by atoms with Crippen molar-refractivity contribution < 1.29 is 19.4 Å². The number of aliphatic hydroxyl groups is 1. The number of rotatable bonds is 9. The largest absolute Gasteiger partial charge is 0.444 e. The molecule has 6 nitrogen and oxygen atoms in total. The fourth-order valence-electron chi connectivity index (χ4n) is 2.16. The Labute approximate surface area is 191 Å². The van der Waals surface area contributed by atoms with E-state index in [2.05, 4.69) is 31.3 Å². The van der Waals surface area contributed by atoms with Crippen molar-refractivity contribution in [2.45, 2.75) is 86.0 Å². The number of benzene rings is 1. The number of ether oxygens (including phenoxy) is 2. The van der Waals surface area contributed by atoms with Crippen LogP contribution in [0.25, 0.3) is 0 Å². The van der Waals surface area contributed by atoms with Gasteiger partial charge in [-0.1, -0.05) is 49.7 Å². The summed E-state index contributed by atoms with van der Waals surface area (Å²) in [6.07, 6.45) is 2.44. The molecule has 1 aromatic carbocycles. The van der Waals surface area contributed by atoms with Gasteiger partial charge in [0.15, 0.2) is 0 Å². The summed E-state index contributed by atoms with van der Waals surface area (Å²) in [6, 6.07) is 10.3. The van der Waals surface area contributed by atoms with Crippen molar-refractivity contribution in [2.24, 2.45) is 0 Å². The lowest BCUT2D eigenvalue weighted by atomic mass is 10.2. The lowest BCUT2D eigenvalue weighted by molar-refractivity contribution is -0.00777. The Bertz CT molecular complexity index is 540. The highest BCUT2D eigenvalue weighted by Gasteiger charge is 2.21. The summed E-state index contributed by atoms with van der Waals surface area (Å²) in [4.78, 5) is 13.8. The number of carbonyl (C=O) groups is 1. The second-order valence-corrected chi connectivity index (χ2v) is 8.84. The average molecular weight is 441 g/mol. The van der Waals surface area contributed by atoms with E-state index in [1.807, 2.05) is 59.7 Å². The molecule has 0 heterocycles.